The lowest BCUT2D eigenvalue weighted by Crippen LogP contribution is -2.52. The molecule has 0 aliphatic carbocycles. The number of hydrogen-bond donors (Lipinski definition) is 2. The van der Waals surface area contributed by atoms with Gasteiger partial charge < -0.3 is 15.0 Å². The molecule has 1 unspecified atom stereocenters. The fourth-order valence-electron chi connectivity index (χ4n) is 3.38. The number of carbonyl (C=O) groups is 3. The maximum atomic E-state index is 12.7. The summed E-state index contributed by atoms with van der Waals surface area (Å²) in [6, 6.07) is 3.19. The zero-order valence-corrected chi connectivity index (χ0v) is 12.6. The molecule has 3 aliphatic rings. The Kier molecular flexibility index (Phi) is 3.30. The minimum absolute atomic E-state index is 0.168. The number of carbonyl (C=O) groups excluding carboxylic acids is 3. The standard InChI is InChI=1S/C16H17N3O4/c20-14-2-1-12(15(21)18-14)19-8-10-5-9-7-17-3-4-23-13(9)6-11(10)16(19)22/h5-6,12,17H,1-4,7-8H2,(H,18,20,21). The lowest BCUT2D eigenvalue weighted by atomic mass is 10.0. The van der Waals surface area contributed by atoms with E-state index in [0.717, 1.165) is 23.4 Å². The zero-order chi connectivity index (χ0) is 16.0. The van der Waals surface area contributed by atoms with Gasteiger partial charge in [-0.05, 0) is 24.1 Å². The van der Waals surface area contributed by atoms with Crippen LogP contribution in [0, 0.1) is 0 Å². The third-order valence-electron chi connectivity index (χ3n) is 4.56. The predicted octanol–water partition coefficient (Wildman–Crippen LogP) is -0.0704. The van der Waals surface area contributed by atoms with E-state index in [1.807, 2.05) is 6.07 Å². The SMILES string of the molecule is O=C1CCC(N2Cc3cc4c(cc3C2=O)OCCNC4)C(=O)N1. The molecule has 3 aliphatic heterocycles. The largest absolute Gasteiger partial charge is 0.492 e. The van der Waals surface area contributed by atoms with Crippen molar-refractivity contribution in [2.75, 3.05) is 13.2 Å². The van der Waals surface area contributed by atoms with Crippen LogP contribution < -0.4 is 15.4 Å². The van der Waals surface area contributed by atoms with Gasteiger partial charge in [-0.2, -0.15) is 0 Å². The first-order valence-corrected chi connectivity index (χ1v) is 7.77. The summed E-state index contributed by atoms with van der Waals surface area (Å²) in [5.74, 6) is -0.103. The van der Waals surface area contributed by atoms with Crippen molar-refractivity contribution >= 4 is 17.7 Å². The van der Waals surface area contributed by atoms with Crippen LogP contribution >= 0.6 is 0 Å². The minimum atomic E-state index is -0.577. The van der Waals surface area contributed by atoms with E-state index < -0.39 is 6.04 Å². The van der Waals surface area contributed by atoms with Crippen molar-refractivity contribution in [3.8, 4) is 5.75 Å². The monoisotopic (exact) mass is 315 g/mol. The lowest BCUT2D eigenvalue weighted by molar-refractivity contribution is -0.136. The van der Waals surface area contributed by atoms with E-state index in [4.69, 9.17) is 4.74 Å². The highest BCUT2D eigenvalue weighted by Crippen LogP contribution is 2.33. The highest BCUT2D eigenvalue weighted by atomic mass is 16.5. The van der Waals surface area contributed by atoms with Crippen LogP contribution in [0.25, 0.3) is 0 Å². The average Bonchev–Trinajstić information content (AvgIpc) is 2.71. The molecule has 7 heteroatoms. The van der Waals surface area contributed by atoms with Gasteiger partial charge in [0.25, 0.3) is 5.91 Å². The minimum Gasteiger partial charge on any atom is -0.492 e. The van der Waals surface area contributed by atoms with E-state index in [1.165, 1.54) is 0 Å². The Hall–Kier alpha value is -2.41. The molecule has 0 spiro atoms. The number of nitrogens with one attached hydrogen (secondary N) is 2. The van der Waals surface area contributed by atoms with Crippen molar-refractivity contribution < 1.29 is 19.1 Å². The molecule has 2 N–H and O–H groups in total. The number of piperidine rings is 1. The van der Waals surface area contributed by atoms with Gasteiger partial charge in [-0.15, -0.1) is 0 Å². The van der Waals surface area contributed by atoms with Crippen molar-refractivity contribution in [1.29, 1.82) is 0 Å². The van der Waals surface area contributed by atoms with Crippen LogP contribution in [0.15, 0.2) is 12.1 Å². The molecule has 4 rings (SSSR count). The Balaban J connectivity index is 1.63. The first-order valence-electron chi connectivity index (χ1n) is 7.77. The molecule has 7 nitrogen and oxygen atoms in total. The first-order chi connectivity index (χ1) is 11.1. The van der Waals surface area contributed by atoms with E-state index in [-0.39, 0.29) is 24.1 Å². The quantitative estimate of drug-likeness (QED) is 0.708. The maximum Gasteiger partial charge on any atom is 0.255 e. The average molecular weight is 315 g/mol. The molecule has 3 amide bonds. The topological polar surface area (TPSA) is 87.7 Å². The third-order valence-corrected chi connectivity index (χ3v) is 4.56. The second kappa shape index (κ2) is 5.34. The number of amides is 3. The predicted molar refractivity (Wildman–Crippen MR) is 79.7 cm³/mol. The number of rotatable bonds is 1. The Morgan fingerprint density at radius 3 is 2.87 bits per heavy atom. The lowest BCUT2D eigenvalue weighted by Gasteiger charge is -2.29. The van der Waals surface area contributed by atoms with E-state index in [0.29, 0.717) is 31.7 Å². The summed E-state index contributed by atoms with van der Waals surface area (Å²) in [5.41, 5.74) is 2.53. The summed E-state index contributed by atoms with van der Waals surface area (Å²) in [4.78, 5) is 37.6. The fraction of sp³-hybridized carbons (Fsp3) is 0.438. The molecule has 1 atom stereocenters. The van der Waals surface area contributed by atoms with E-state index in [9.17, 15) is 14.4 Å². The third kappa shape index (κ3) is 2.37. The number of imide groups is 1. The van der Waals surface area contributed by atoms with Crippen molar-refractivity contribution in [1.82, 2.24) is 15.5 Å². The second-order valence-electron chi connectivity index (χ2n) is 6.04. The van der Waals surface area contributed by atoms with E-state index in [2.05, 4.69) is 10.6 Å². The van der Waals surface area contributed by atoms with Crippen LogP contribution in [0.3, 0.4) is 0 Å². The van der Waals surface area contributed by atoms with Gasteiger partial charge in [0.2, 0.25) is 11.8 Å². The van der Waals surface area contributed by atoms with Crippen LogP contribution in [0.4, 0.5) is 0 Å². The molecule has 1 saturated heterocycles. The van der Waals surface area contributed by atoms with E-state index >= 15 is 0 Å². The molecule has 0 bridgehead atoms. The van der Waals surface area contributed by atoms with Crippen LogP contribution in [0.5, 0.6) is 5.75 Å². The first kappa shape index (κ1) is 14.2. The smallest absolute Gasteiger partial charge is 0.255 e. The second-order valence-corrected chi connectivity index (χ2v) is 6.04. The van der Waals surface area contributed by atoms with Crippen LogP contribution in [-0.2, 0) is 22.7 Å². The van der Waals surface area contributed by atoms with Crippen molar-refractivity contribution in [3.05, 3.63) is 28.8 Å². The maximum absolute atomic E-state index is 12.7. The van der Waals surface area contributed by atoms with Gasteiger partial charge >= 0.3 is 0 Å². The van der Waals surface area contributed by atoms with Crippen LogP contribution in [0.1, 0.15) is 34.3 Å². The Labute approximate surface area is 133 Å². The molecule has 1 fully saturated rings. The molecular formula is C16H17N3O4. The molecule has 0 saturated carbocycles. The van der Waals surface area contributed by atoms with Gasteiger partial charge in [-0.1, -0.05) is 0 Å². The van der Waals surface area contributed by atoms with E-state index in [1.54, 1.807) is 11.0 Å². The fourth-order valence-corrected chi connectivity index (χ4v) is 3.38. The zero-order valence-electron chi connectivity index (χ0n) is 12.6. The van der Waals surface area contributed by atoms with Gasteiger partial charge in [-0.25, -0.2) is 0 Å². The molecule has 3 heterocycles. The molecule has 0 radical (unpaired) electrons. The van der Waals surface area contributed by atoms with Gasteiger partial charge in [0.15, 0.2) is 0 Å². The summed E-state index contributed by atoms with van der Waals surface area (Å²) < 4.78 is 5.68. The van der Waals surface area contributed by atoms with Crippen LogP contribution in [0.2, 0.25) is 0 Å². The number of ether oxygens (including phenoxy) is 1. The van der Waals surface area contributed by atoms with Gasteiger partial charge in [0, 0.05) is 37.2 Å². The van der Waals surface area contributed by atoms with Crippen molar-refractivity contribution in [3.63, 3.8) is 0 Å². The highest BCUT2D eigenvalue weighted by Gasteiger charge is 2.39. The Morgan fingerprint density at radius 2 is 2.04 bits per heavy atom. The van der Waals surface area contributed by atoms with Crippen molar-refractivity contribution in [2.45, 2.75) is 32.0 Å². The summed E-state index contributed by atoms with van der Waals surface area (Å²) in [6.45, 7) is 2.44. The Bertz CT molecular complexity index is 716. The number of nitrogens with zero attached hydrogens (tertiary/aromatic N) is 1. The number of hydrogen-bond acceptors (Lipinski definition) is 5. The van der Waals surface area contributed by atoms with Crippen LogP contribution in [-0.4, -0.2) is 41.8 Å². The van der Waals surface area contributed by atoms with Gasteiger partial charge in [0.05, 0.1) is 0 Å². The number of fused-ring (bicyclic) bond motifs is 2. The molecule has 1 aromatic rings. The summed E-state index contributed by atoms with van der Waals surface area (Å²) in [6.07, 6.45) is 0.641. The van der Waals surface area contributed by atoms with Gasteiger partial charge in [-0.3, -0.25) is 19.7 Å². The molecule has 0 aromatic heterocycles. The number of benzene rings is 1. The molecule has 1 aromatic carbocycles. The normalized spacial score (nSPS) is 23.7. The summed E-state index contributed by atoms with van der Waals surface area (Å²) in [5, 5.41) is 5.58. The Morgan fingerprint density at radius 1 is 1.17 bits per heavy atom. The highest BCUT2D eigenvalue weighted by molar-refractivity contribution is 6.05. The summed E-state index contributed by atoms with van der Waals surface area (Å²) >= 11 is 0. The molecular weight excluding hydrogens is 298 g/mol. The summed E-state index contributed by atoms with van der Waals surface area (Å²) in [7, 11) is 0. The van der Waals surface area contributed by atoms with Crippen molar-refractivity contribution in [2.24, 2.45) is 0 Å². The molecule has 23 heavy (non-hydrogen) atoms. The molecule has 120 valence electrons. The van der Waals surface area contributed by atoms with Gasteiger partial charge in [0.1, 0.15) is 18.4 Å².